The molecule has 2 aliphatic heterocycles. The first-order valence-corrected chi connectivity index (χ1v) is 27.4. The Morgan fingerprint density at radius 1 is 0.448 bits per heavy atom. The number of ether oxygens (including phenoxy) is 4. The minimum Gasteiger partial charge on any atom is -0.488 e. The molecule has 0 radical (unpaired) electrons. The van der Waals surface area contributed by atoms with Crippen molar-refractivity contribution in [2.75, 3.05) is 26.4 Å². The first-order valence-electron chi connectivity index (χ1n) is 24.0. The van der Waals surface area contributed by atoms with Crippen LogP contribution < -0.4 is 18.9 Å². The Kier molecular flexibility index (Phi) is 21.7. The van der Waals surface area contributed by atoms with Crippen LogP contribution in [0.2, 0.25) is 0 Å². The van der Waals surface area contributed by atoms with Gasteiger partial charge in [0.25, 0.3) is 0 Å². The SMILES string of the molecule is CCCCCCCCC1(CCCCCCCC)COc2csc(-c3cc(Br)c(-c4scc5c4OCC(CCCCCCCC)(CCCCCCCC)CO5)s3)c2OC1. The van der Waals surface area contributed by atoms with Crippen molar-refractivity contribution in [3.63, 3.8) is 0 Å². The lowest BCUT2D eigenvalue weighted by Gasteiger charge is -2.31. The van der Waals surface area contributed by atoms with Gasteiger partial charge in [0.2, 0.25) is 0 Å². The molecule has 2 aliphatic rings. The highest BCUT2D eigenvalue weighted by atomic mass is 79.9. The number of hydrogen-bond acceptors (Lipinski definition) is 7. The normalized spacial score (nSPS) is 15.7. The lowest BCUT2D eigenvalue weighted by Crippen LogP contribution is -2.33. The number of fused-ring (bicyclic) bond motifs is 2. The Hall–Kier alpha value is -1.22. The molecule has 0 atom stereocenters. The quantitative estimate of drug-likeness (QED) is 0.0625. The maximum absolute atomic E-state index is 6.91. The van der Waals surface area contributed by atoms with E-state index in [-0.39, 0.29) is 10.8 Å². The predicted octanol–water partition coefficient (Wildman–Crippen LogP) is 18.5. The Morgan fingerprint density at radius 3 is 1.21 bits per heavy atom. The van der Waals surface area contributed by atoms with Gasteiger partial charge in [-0.1, -0.05) is 182 Å². The van der Waals surface area contributed by atoms with Crippen LogP contribution in [0.25, 0.3) is 19.5 Å². The molecule has 0 saturated carbocycles. The molecular formula is C50H79BrO4S3. The molecule has 0 N–H and O–H groups in total. The smallest absolute Gasteiger partial charge is 0.180 e. The van der Waals surface area contributed by atoms with Gasteiger partial charge < -0.3 is 18.9 Å². The molecule has 0 unspecified atom stereocenters. The van der Waals surface area contributed by atoms with Gasteiger partial charge in [-0.15, -0.1) is 34.0 Å². The van der Waals surface area contributed by atoms with E-state index >= 15 is 0 Å². The third kappa shape index (κ3) is 14.4. The van der Waals surface area contributed by atoms with Crippen LogP contribution in [0, 0.1) is 10.8 Å². The molecule has 0 aliphatic carbocycles. The topological polar surface area (TPSA) is 36.9 Å². The van der Waals surface area contributed by atoms with Crippen molar-refractivity contribution >= 4 is 49.9 Å². The highest BCUT2D eigenvalue weighted by Gasteiger charge is 2.38. The summed E-state index contributed by atoms with van der Waals surface area (Å²) >= 11 is 9.33. The average molecular weight is 920 g/mol. The second-order valence-corrected chi connectivity index (χ2v) is 21.7. The van der Waals surface area contributed by atoms with Crippen molar-refractivity contribution in [2.45, 2.75) is 207 Å². The zero-order valence-electron chi connectivity index (χ0n) is 37.1. The summed E-state index contributed by atoms with van der Waals surface area (Å²) in [6, 6.07) is 2.28. The Bertz CT molecular complexity index is 1530. The third-order valence-corrected chi connectivity index (χ3v) is 17.1. The molecule has 5 rings (SSSR count). The van der Waals surface area contributed by atoms with Gasteiger partial charge in [-0.25, -0.2) is 0 Å². The van der Waals surface area contributed by atoms with Crippen molar-refractivity contribution in [1.29, 1.82) is 0 Å². The van der Waals surface area contributed by atoms with Crippen molar-refractivity contribution in [3.05, 3.63) is 21.3 Å². The lowest BCUT2D eigenvalue weighted by molar-refractivity contribution is 0.0783. The summed E-state index contributed by atoms with van der Waals surface area (Å²) in [5.41, 5.74) is 0.155. The summed E-state index contributed by atoms with van der Waals surface area (Å²) in [6.07, 6.45) is 36.5. The summed E-state index contributed by atoms with van der Waals surface area (Å²) < 4.78 is 28.4. The second-order valence-electron chi connectivity index (χ2n) is 18.0. The Labute approximate surface area is 375 Å². The van der Waals surface area contributed by atoms with E-state index in [0.717, 1.165) is 53.9 Å². The molecule has 0 spiro atoms. The van der Waals surface area contributed by atoms with Gasteiger partial charge in [0.15, 0.2) is 23.0 Å². The molecule has 0 bridgehead atoms. The minimum absolute atomic E-state index is 0.0759. The van der Waals surface area contributed by atoms with E-state index in [9.17, 15) is 0 Å². The second kappa shape index (κ2) is 26.3. The first kappa shape index (κ1) is 47.8. The fourth-order valence-electron chi connectivity index (χ4n) is 9.04. The highest BCUT2D eigenvalue weighted by molar-refractivity contribution is 9.10. The molecule has 328 valence electrons. The molecule has 5 heterocycles. The van der Waals surface area contributed by atoms with E-state index in [1.54, 1.807) is 22.7 Å². The van der Waals surface area contributed by atoms with Crippen molar-refractivity contribution < 1.29 is 18.9 Å². The van der Waals surface area contributed by atoms with Gasteiger partial charge in [-0.3, -0.25) is 0 Å². The molecule has 0 fully saturated rings. The predicted molar refractivity (Wildman–Crippen MR) is 257 cm³/mol. The van der Waals surface area contributed by atoms with E-state index in [1.165, 1.54) is 199 Å². The summed E-state index contributed by atoms with van der Waals surface area (Å²) in [4.78, 5) is 4.78. The van der Waals surface area contributed by atoms with Gasteiger partial charge >= 0.3 is 0 Å². The van der Waals surface area contributed by atoms with Crippen LogP contribution in [0.1, 0.15) is 207 Å². The van der Waals surface area contributed by atoms with Crippen LogP contribution in [-0.2, 0) is 0 Å². The maximum atomic E-state index is 6.91. The van der Waals surface area contributed by atoms with Gasteiger partial charge in [0, 0.05) is 30.9 Å². The summed E-state index contributed by atoms with van der Waals surface area (Å²) in [5.74, 6) is 3.72. The fourth-order valence-corrected chi connectivity index (χ4v) is 13.2. The number of rotatable bonds is 30. The molecule has 0 saturated heterocycles. The maximum Gasteiger partial charge on any atom is 0.180 e. The van der Waals surface area contributed by atoms with Crippen molar-refractivity contribution in [1.82, 2.24) is 0 Å². The molecule has 0 amide bonds. The number of hydrogen-bond donors (Lipinski definition) is 0. The van der Waals surface area contributed by atoms with Crippen LogP contribution in [0.5, 0.6) is 23.0 Å². The third-order valence-electron chi connectivity index (χ3n) is 12.9. The standard InChI is InChI=1S/C50H79BrO4S3/c1-5-9-13-17-21-25-29-49(30-26-22-18-14-10-6-2)36-52-41-34-56-47(44(41)54-38-49)43-33-40(51)46(58-43)48-45-42(35-57-48)53-37-50(39-55-45,31-27-23-19-15-11-7-3)32-28-24-20-16-12-8-4/h33-35H,5-32,36-39H2,1-4H3. The van der Waals surface area contributed by atoms with Crippen LogP contribution in [-0.4, -0.2) is 26.4 Å². The molecular weight excluding hydrogens is 841 g/mol. The first-order chi connectivity index (χ1) is 28.5. The van der Waals surface area contributed by atoms with Crippen LogP contribution in [0.15, 0.2) is 21.3 Å². The van der Waals surface area contributed by atoms with Crippen LogP contribution in [0.3, 0.4) is 0 Å². The molecule has 0 aromatic carbocycles. The molecule has 8 heteroatoms. The Balaban J connectivity index is 1.27. The number of unbranched alkanes of at least 4 members (excludes halogenated alkanes) is 20. The van der Waals surface area contributed by atoms with Crippen LogP contribution in [0.4, 0.5) is 0 Å². The molecule has 4 nitrogen and oxygen atoms in total. The fraction of sp³-hybridized carbons (Fsp3) is 0.760. The summed E-state index contributed by atoms with van der Waals surface area (Å²) in [5, 5.41) is 4.37. The zero-order valence-corrected chi connectivity index (χ0v) is 41.1. The van der Waals surface area contributed by atoms with E-state index in [0.29, 0.717) is 0 Å². The monoisotopic (exact) mass is 918 g/mol. The van der Waals surface area contributed by atoms with E-state index < -0.39 is 0 Å². The average Bonchev–Trinajstić information content (AvgIpc) is 3.88. The van der Waals surface area contributed by atoms with E-state index in [4.69, 9.17) is 18.9 Å². The summed E-state index contributed by atoms with van der Waals surface area (Å²) in [6.45, 7) is 12.2. The summed E-state index contributed by atoms with van der Waals surface area (Å²) in [7, 11) is 0. The van der Waals surface area contributed by atoms with Crippen LogP contribution >= 0.6 is 49.9 Å². The van der Waals surface area contributed by atoms with Gasteiger partial charge in [0.05, 0.1) is 41.1 Å². The largest absolute Gasteiger partial charge is 0.488 e. The number of halogens is 1. The zero-order chi connectivity index (χ0) is 40.9. The van der Waals surface area contributed by atoms with Gasteiger partial charge in [0.1, 0.15) is 0 Å². The highest BCUT2D eigenvalue weighted by Crippen LogP contribution is 2.56. The number of thiophene rings is 3. The van der Waals surface area contributed by atoms with Gasteiger partial charge in [-0.05, 0) is 47.7 Å². The van der Waals surface area contributed by atoms with Gasteiger partial charge in [-0.2, -0.15) is 0 Å². The van der Waals surface area contributed by atoms with Crippen molar-refractivity contribution in [3.8, 4) is 42.5 Å². The Morgan fingerprint density at radius 2 is 0.793 bits per heavy atom. The van der Waals surface area contributed by atoms with E-state index in [2.05, 4.69) is 60.5 Å². The molecule has 3 aromatic rings. The minimum atomic E-state index is 0.0759. The molecule has 58 heavy (non-hydrogen) atoms. The van der Waals surface area contributed by atoms with Crippen molar-refractivity contribution in [2.24, 2.45) is 10.8 Å². The van der Waals surface area contributed by atoms with E-state index in [1.807, 2.05) is 11.3 Å². The molecule has 3 aromatic heterocycles. The lowest BCUT2D eigenvalue weighted by atomic mass is 9.79.